The number of hydrogen-bond donors (Lipinski definition) is 0. The molecular weight excluding hydrogens is 374 g/mol. The second-order valence-electron chi connectivity index (χ2n) is 7.40. The van der Waals surface area contributed by atoms with E-state index in [2.05, 4.69) is 0 Å². The summed E-state index contributed by atoms with van der Waals surface area (Å²) in [6.07, 6.45) is -0.620. The van der Waals surface area contributed by atoms with Crippen LogP contribution in [0.4, 0.5) is 4.79 Å². The van der Waals surface area contributed by atoms with Crippen LogP contribution >= 0.6 is 0 Å². The summed E-state index contributed by atoms with van der Waals surface area (Å²) in [6.45, 7) is 5.09. The van der Waals surface area contributed by atoms with Crippen molar-refractivity contribution in [3.05, 3.63) is 35.9 Å². The number of esters is 1. The molecule has 0 aliphatic carbocycles. The molecule has 0 radical (unpaired) electrons. The minimum atomic E-state index is -3.73. The number of rotatable bonds is 5. The Bertz CT molecular complexity index is 771. The van der Waals surface area contributed by atoms with Gasteiger partial charge in [0.1, 0.15) is 18.2 Å². The van der Waals surface area contributed by atoms with Gasteiger partial charge in [-0.3, -0.25) is 9.08 Å². The standard InChI is InChI=1S/C18H25NO7S/c1-18(2,3)25-16(20)15-10-14(26-27(4,22)23)11-19(15)17(21)24-12-13-8-6-5-7-9-13/h5-9,14-15H,10-12H2,1-4H3/t14-,15-/m0/s1. The Morgan fingerprint density at radius 3 is 2.37 bits per heavy atom. The molecule has 2 rings (SSSR count). The Balaban J connectivity index is 2.10. The van der Waals surface area contributed by atoms with Crippen LogP contribution in [0.3, 0.4) is 0 Å². The van der Waals surface area contributed by atoms with E-state index in [-0.39, 0.29) is 19.6 Å². The van der Waals surface area contributed by atoms with Gasteiger partial charge in [0.05, 0.1) is 18.9 Å². The molecule has 1 aliphatic heterocycles. The van der Waals surface area contributed by atoms with Crippen molar-refractivity contribution in [1.82, 2.24) is 4.90 Å². The molecule has 0 N–H and O–H groups in total. The van der Waals surface area contributed by atoms with E-state index in [1.807, 2.05) is 18.2 Å². The summed E-state index contributed by atoms with van der Waals surface area (Å²) in [6, 6.07) is 8.12. The second kappa shape index (κ2) is 8.26. The van der Waals surface area contributed by atoms with E-state index in [0.717, 1.165) is 16.7 Å². The molecule has 0 spiro atoms. The highest BCUT2D eigenvalue weighted by Gasteiger charge is 2.44. The van der Waals surface area contributed by atoms with Gasteiger partial charge in [-0.15, -0.1) is 0 Å². The Morgan fingerprint density at radius 2 is 1.81 bits per heavy atom. The van der Waals surface area contributed by atoms with Gasteiger partial charge >= 0.3 is 12.1 Å². The highest BCUT2D eigenvalue weighted by molar-refractivity contribution is 7.86. The van der Waals surface area contributed by atoms with Crippen molar-refractivity contribution >= 4 is 22.2 Å². The number of hydrogen-bond acceptors (Lipinski definition) is 7. The molecule has 1 aromatic rings. The summed E-state index contributed by atoms with van der Waals surface area (Å²) >= 11 is 0. The second-order valence-corrected chi connectivity index (χ2v) is 9.00. The predicted molar refractivity (Wildman–Crippen MR) is 97.3 cm³/mol. The molecule has 150 valence electrons. The van der Waals surface area contributed by atoms with Crippen LogP contribution < -0.4 is 0 Å². The number of ether oxygens (including phenoxy) is 2. The third-order valence-corrected chi connectivity index (χ3v) is 4.31. The number of amides is 1. The fraction of sp³-hybridized carbons (Fsp3) is 0.556. The molecule has 1 amide bonds. The Morgan fingerprint density at radius 1 is 1.19 bits per heavy atom. The van der Waals surface area contributed by atoms with Gasteiger partial charge in [-0.2, -0.15) is 8.42 Å². The van der Waals surface area contributed by atoms with Gasteiger partial charge < -0.3 is 9.47 Å². The van der Waals surface area contributed by atoms with Gasteiger partial charge in [-0.25, -0.2) is 9.59 Å². The molecule has 2 atom stereocenters. The Kier molecular flexibility index (Phi) is 6.48. The zero-order chi connectivity index (χ0) is 20.2. The van der Waals surface area contributed by atoms with Crippen LogP contribution in [0, 0.1) is 0 Å². The average molecular weight is 399 g/mol. The summed E-state index contributed by atoms with van der Waals surface area (Å²) in [5.74, 6) is -0.626. The van der Waals surface area contributed by atoms with E-state index in [4.69, 9.17) is 13.7 Å². The molecule has 1 heterocycles. The number of carbonyl (C=O) groups is 2. The van der Waals surface area contributed by atoms with Crippen LogP contribution in [0.2, 0.25) is 0 Å². The van der Waals surface area contributed by atoms with E-state index < -0.39 is 39.9 Å². The number of carbonyl (C=O) groups excluding carboxylic acids is 2. The molecule has 0 saturated carbocycles. The maximum Gasteiger partial charge on any atom is 0.410 e. The van der Waals surface area contributed by atoms with Gasteiger partial charge in [-0.1, -0.05) is 30.3 Å². The minimum absolute atomic E-state index is 0.0163. The lowest BCUT2D eigenvalue weighted by atomic mass is 10.1. The molecule has 9 heteroatoms. The monoisotopic (exact) mass is 399 g/mol. The first-order valence-electron chi connectivity index (χ1n) is 8.53. The van der Waals surface area contributed by atoms with Crippen LogP contribution in [0.1, 0.15) is 32.8 Å². The van der Waals surface area contributed by atoms with Gasteiger partial charge in [0.25, 0.3) is 10.1 Å². The SMILES string of the molecule is CC(C)(C)OC(=O)[C@@H]1C[C@H](OS(C)(=O)=O)CN1C(=O)OCc1ccccc1. The van der Waals surface area contributed by atoms with Crippen molar-refractivity contribution in [1.29, 1.82) is 0 Å². The fourth-order valence-corrected chi connectivity index (χ4v) is 3.35. The quantitative estimate of drug-likeness (QED) is 0.552. The van der Waals surface area contributed by atoms with E-state index in [0.29, 0.717) is 0 Å². The Labute approximate surface area is 159 Å². The van der Waals surface area contributed by atoms with Crippen molar-refractivity contribution in [3.63, 3.8) is 0 Å². The first-order chi connectivity index (χ1) is 12.4. The lowest BCUT2D eigenvalue weighted by molar-refractivity contribution is -0.159. The van der Waals surface area contributed by atoms with Crippen LogP contribution in [-0.4, -0.2) is 55.9 Å². The van der Waals surface area contributed by atoms with Crippen LogP contribution in [0.5, 0.6) is 0 Å². The summed E-state index contributed by atoms with van der Waals surface area (Å²) < 4.78 is 38.4. The molecule has 1 fully saturated rings. The molecule has 0 bridgehead atoms. The van der Waals surface area contributed by atoms with Crippen LogP contribution in [0.15, 0.2) is 30.3 Å². The Hall–Kier alpha value is -2.13. The van der Waals surface area contributed by atoms with Crippen molar-refractivity contribution in [2.75, 3.05) is 12.8 Å². The molecule has 1 saturated heterocycles. The van der Waals surface area contributed by atoms with Crippen LogP contribution in [0.25, 0.3) is 0 Å². The lowest BCUT2D eigenvalue weighted by Crippen LogP contribution is -2.43. The zero-order valence-corrected chi connectivity index (χ0v) is 16.7. The molecule has 0 aromatic heterocycles. The molecule has 1 aromatic carbocycles. The maximum absolute atomic E-state index is 12.5. The van der Waals surface area contributed by atoms with Crippen molar-refractivity contribution in [2.45, 2.75) is 51.5 Å². The zero-order valence-electron chi connectivity index (χ0n) is 15.9. The lowest BCUT2D eigenvalue weighted by Gasteiger charge is -2.26. The van der Waals surface area contributed by atoms with E-state index in [9.17, 15) is 18.0 Å². The third-order valence-electron chi connectivity index (χ3n) is 3.69. The first kappa shape index (κ1) is 21.2. The van der Waals surface area contributed by atoms with E-state index >= 15 is 0 Å². The van der Waals surface area contributed by atoms with Gasteiger partial charge in [-0.05, 0) is 26.3 Å². The molecule has 8 nitrogen and oxygen atoms in total. The number of benzene rings is 1. The van der Waals surface area contributed by atoms with Crippen molar-refractivity contribution in [3.8, 4) is 0 Å². The summed E-state index contributed by atoms with van der Waals surface area (Å²) in [7, 11) is -3.73. The third kappa shape index (κ3) is 6.84. The van der Waals surface area contributed by atoms with E-state index in [1.165, 1.54) is 0 Å². The number of likely N-dealkylation sites (tertiary alicyclic amines) is 1. The van der Waals surface area contributed by atoms with Crippen molar-refractivity contribution in [2.24, 2.45) is 0 Å². The number of nitrogens with zero attached hydrogens (tertiary/aromatic N) is 1. The maximum atomic E-state index is 12.5. The first-order valence-corrected chi connectivity index (χ1v) is 10.3. The van der Waals surface area contributed by atoms with Gasteiger partial charge in [0.15, 0.2) is 0 Å². The van der Waals surface area contributed by atoms with Crippen molar-refractivity contribution < 1.29 is 31.7 Å². The molecular formula is C18H25NO7S. The summed E-state index contributed by atoms with van der Waals surface area (Å²) in [4.78, 5) is 26.1. The molecule has 27 heavy (non-hydrogen) atoms. The molecule has 1 aliphatic rings. The fourth-order valence-electron chi connectivity index (χ4n) is 2.71. The summed E-state index contributed by atoms with van der Waals surface area (Å²) in [5.41, 5.74) is 0.0507. The molecule has 0 unspecified atom stereocenters. The normalized spacial score (nSPS) is 20.4. The van der Waals surface area contributed by atoms with Gasteiger partial charge in [0, 0.05) is 6.42 Å². The van der Waals surface area contributed by atoms with Gasteiger partial charge in [0.2, 0.25) is 0 Å². The van der Waals surface area contributed by atoms with Crippen LogP contribution in [-0.2, 0) is 35.2 Å². The highest BCUT2D eigenvalue weighted by Crippen LogP contribution is 2.25. The smallest absolute Gasteiger partial charge is 0.410 e. The average Bonchev–Trinajstić information content (AvgIpc) is 2.94. The largest absolute Gasteiger partial charge is 0.458 e. The van der Waals surface area contributed by atoms with E-state index in [1.54, 1.807) is 32.9 Å². The summed E-state index contributed by atoms with van der Waals surface area (Å²) in [5, 5.41) is 0. The highest BCUT2D eigenvalue weighted by atomic mass is 32.2. The minimum Gasteiger partial charge on any atom is -0.458 e. The predicted octanol–water partition coefficient (Wildman–Crippen LogP) is 2.08. The topological polar surface area (TPSA) is 99.2 Å².